The lowest BCUT2D eigenvalue weighted by molar-refractivity contribution is -0.286. The number of amides is 1. The van der Waals surface area contributed by atoms with E-state index in [2.05, 4.69) is 24.8 Å². The molecule has 0 radical (unpaired) electrons. The molecule has 0 unspecified atom stereocenters. The Hall–Kier alpha value is -3.95. The zero-order valence-electron chi connectivity index (χ0n) is 17.7. The van der Waals surface area contributed by atoms with E-state index in [-0.39, 0.29) is 28.7 Å². The predicted molar refractivity (Wildman–Crippen MR) is 114 cm³/mol. The van der Waals surface area contributed by atoms with Crippen LogP contribution in [0.15, 0.2) is 47.4 Å². The van der Waals surface area contributed by atoms with Crippen molar-refractivity contribution in [3.63, 3.8) is 0 Å². The number of hydrogen-bond donors (Lipinski definition) is 2. The monoisotopic (exact) mass is 455 g/mol. The minimum atomic E-state index is -3.72. The van der Waals surface area contributed by atoms with Gasteiger partial charge in [0.15, 0.2) is 17.2 Å². The number of methoxy groups -OCH3 is 1. The molecule has 1 aromatic carbocycles. The second kappa shape index (κ2) is 7.29. The predicted octanol–water partition coefficient (Wildman–Crippen LogP) is 3.75. The summed E-state index contributed by atoms with van der Waals surface area (Å²) in [5.74, 6) is 0.00715. The molecule has 1 aliphatic heterocycles. The summed E-state index contributed by atoms with van der Waals surface area (Å²) in [5.41, 5.74) is 1.37. The number of aromatic nitrogens is 2. The van der Waals surface area contributed by atoms with E-state index in [1.165, 1.54) is 25.4 Å². The molecule has 3 aromatic rings. The van der Waals surface area contributed by atoms with Crippen LogP contribution in [0, 0.1) is 6.92 Å². The van der Waals surface area contributed by atoms with Crippen LogP contribution >= 0.6 is 0 Å². The van der Waals surface area contributed by atoms with Gasteiger partial charge in [-0.1, -0.05) is 12.1 Å². The lowest BCUT2D eigenvalue weighted by Crippen LogP contribution is -2.28. The molecule has 170 valence electrons. The van der Waals surface area contributed by atoms with Crippen molar-refractivity contribution in [2.24, 2.45) is 0 Å². The first-order valence-electron chi connectivity index (χ1n) is 10.2. The summed E-state index contributed by atoms with van der Waals surface area (Å²) in [7, 11) is 1.40. The highest BCUT2D eigenvalue weighted by Gasteiger charge is 2.53. The number of nitrogens with zero attached hydrogens (tertiary/aromatic N) is 1. The standard InChI is InChI=1S/C23H19F2N3O5/c1-12-3-6-18(27-19(12)13-9-17(31-2)20(29)26-11-13)28-21(30)22(7-8-22)14-4-5-15-16(10-14)33-23(24,25)32-15/h3-6,9-11H,7-8H2,1-2H3,(H,26,29)(H,27,28,30). The lowest BCUT2D eigenvalue weighted by atomic mass is 9.94. The molecule has 0 spiro atoms. The van der Waals surface area contributed by atoms with Crippen molar-refractivity contribution < 1.29 is 27.8 Å². The van der Waals surface area contributed by atoms with Crippen LogP contribution in [0.1, 0.15) is 24.0 Å². The molecular weight excluding hydrogens is 436 g/mol. The number of aromatic amines is 1. The Balaban J connectivity index is 1.41. The Kier molecular flexibility index (Phi) is 4.62. The number of anilines is 1. The molecule has 8 nitrogen and oxygen atoms in total. The summed E-state index contributed by atoms with van der Waals surface area (Å²) in [6.45, 7) is 1.86. The van der Waals surface area contributed by atoms with E-state index in [9.17, 15) is 18.4 Å². The van der Waals surface area contributed by atoms with Gasteiger partial charge in [0.25, 0.3) is 5.56 Å². The molecule has 1 fully saturated rings. The van der Waals surface area contributed by atoms with E-state index < -0.39 is 11.7 Å². The SMILES string of the molecule is COc1cc(-c2nc(NC(=O)C3(c4ccc5c(c4)OC(F)(F)O5)CC3)ccc2C)c[nH]c1=O. The number of pyridine rings is 2. The van der Waals surface area contributed by atoms with E-state index in [4.69, 9.17) is 4.74 Å². The van der Waals surface area contributed by atoms with E-state index in [0.29, 0.717) is 35.5 Å². The summed E-state index contributed by atoms with van der Waals surface area (Å²) in [4.78, 5) is 32.1. The van der Waals surface area contributed by atoms with Crippen LogP contribution in [-0.2, 0) is 10.2 Å². The van der Waals surface area contributed by atoms with Gasteiger partial charge in [0.2, 0.25) is 5.91 Å². The fourth-order valence-electron chi connectivity index (χ4n) is 3.90. The summed E-state index contributed by atoms with van der Waals surface area (Å²) < 4.78 is 40.7. The highest BCUT2D eigenvalue weighted by molar-refractivity contribution is 6.01. The molecule has 0 atom stereocenters. The molecule has 33 heavy (non-hydrogen) atoms. The molecule has 10 heteroatoms. The Bertz CT molecular complexity index is 1330. The van der Waals surface area contributed by atoms with Gasteiger partial charge in [-0.05, 0) is 55.2 Å². The van der Waals surface area contributed by atoms with Gasteiger partial charge in [0.1, 0.15) is 5.82 Å². The summed E-state index contributed by atoms with van der Waals surface area (Å²) >= 11 is 0. The maximum atomic E-state index is 13.3. The van der Waals surface area contributed by atoms with Gasteiger partial charge in [0.05, 0.1) is 18.2 Å². The minimum absolute atomic E-state index is 0.0684. The van der Waals surface area contributed by atoms with Crippen LogP contribution in [0.3, 0.4) is 0 Å². The van der Waals surface area contributed by atoms with Crippen LogP contribution in [0.5, 0.6) is 17.2 Å². The minimum Gasteiger partial charge on any atom is -0.491 e. The zero-order valence-corrected chi connectivity index (χ0v) is 17.7. The van der Waals surface area contributed by atoms with Crippen molar-refractivity contribution in [2.45, 2.75) is 31.5 Å². The smallest absolute Gasteiger partial charge is 0.491 e. The molecule has 5 rings (SSSR count). The Labute approximate surface area is 186 Å². The Morgan fingerprint density at radius 1 is 1.15 bits per heavy atom. The van der Waals surface area contributed by atoms with Crippen LogP contribution in [0.25, 0.3) is 11.3 Å². The number of H-pyrrole nitrogens is 1. The van der Waals surface area contributed by atoms with Crippen molar-refractivity contribution >= 4 is 11.7 Å². The summed E-state index contributed by atoms with van der Waals surface area (Å²) in [6, 6.07) is 9.45. The number of halogens is 2. The van der Waals surface area contributed by atoms with Gasteiger partial charge < -0.3 is 24.5 Å². The van der Waals surface area contributed by atoms with E-state index >= 15 is 0 Å². The van der Waals surface area contributed by atoms with Crippen LogP contribution in [0.4, 0.5) is 14.6 Å². The highest BCUT2D eigenvalue weighted by Crippen LogP contribution is 2.52. The molecule has 2 aromatic heterocycles. The number of fused-ring (bicyclic) bond motifs is 1. The van der Waals surface area contributed by atoms with Crippen molar-refractivity contribution in [3.8, 4) is 28.5 Å². The molecule has 3 heterocycles. The van der Waals surface area contributed by atoms with Gasteiger partial charge in [-0.15, -0.1) is 8.78 Å². The summed E-state index contributed by atoms with van der Waals surface area (Å²) in [5, 5.41) is 2.83. The van der Waals surface area contributed by atoms with Gasteiger partial charge in [-0.3, -0.25) is 9.59 Å². The number of rotatable bonds is 5. The van der Waals surface area contributed by atoms with Gasteiger partial charge in [-0.25, -0.2) is 4.98 Å². The molecule has 2 N–H and O–H groups in total. The molecule has 1 amide bonds. The zero-order chi connectivity index (χ0) is 23.4. The topological polar surface area (TPSA) is 103 Å². The number of ether oxygens (including phenoxy) is 3. The molecule has 0 saturated heterocycles. The van der Waals surface area contributed by atoms with E-state index in [1.54, 1.807) is 24.3 Å². The fourth-order valence-corrected chi connectivity index (χ4v) is 3.90. The van der Waals surface area contributed by atoms with Crippen molar-refractivity contribution in [3.05, 3.63) is 64.1 Å². The number of benzene rings is 1. The van der Waals surface area contributed by atoms with Gasteiger partial charge >= 0.3 is 6.29 Å². The largest absolute Gasteiger partial charge is 0.586 e. The van der Waals surface area contributed by atoms with Gasteiger partial charge in [0, 0.05) is 11.8 Å². The summed E-state index contributed by atoms with van der Waals surface area (Å²) in [6.07, 6.45) is -1.07. The van der Waals surface area contributed by atoms with Crippen molar-refractivity contribution in [2.75, 3.05) is 12.4 Å². The second-order valence-electron chi connectivity index (χ2n) is 8.01. The molecule has 1 saturated carbocycles. The number of aryl methyl sites for hydroxylation is 1. The first-order valence-corrected chi connectivity index (χ1v) is 10.2. The fraction of sp³-hybridized carbons (Fsp3) is 0.261. The quantitative estimate of drug-likeness (QED) is 0.608. The number of carbonyl (C=O) groups excluding carboxylic acids is 1. The van der Waals surface area contributed by atoms with Crippen molar-refractivity contribution in [1.29, 1.82) is 0 Å². The third kappa shape index (κ3) is 3.67. The molecule has 2 aliphatic rings. The lowest BCUT2D eigenvalue weighted by Gasteiger charge is -2.17. The van der Waals surface area contributed by atoms with Crippen LogP contribution in [-0.4, -0.2) is 29.3 Å². The number of carbonyl (C=O) groups is 1. The Morgan fingerprint density at radius 3 is 2.64 bits per heavy atom. The molecule has 1 aliphatic carbocycles. The third-order valence-corrected chi connectivity index (χ3v) is 5.84. The Morgan fingerprint density at radius 2 is 1.91 bits per heavy atom. The number of nitrogens with one attached hydrogen (secondary N) is 2. The van der Waals surface area contributed by atoms with E-state index in [0.717, 1.165) is 5.56 Å². The maximum Gasteiger partial charge on any atom is 0.586 e. The normalized spacial score (nSPS) is 16.8. The first kappa shape index (κ1) is 20.9. The number of hydrogen-bond acceptors (Lipinski definition) is 6. The molecular formula is C23H19F2N3O5. The second-order valence-corrected chi connectivity index (χ2v) is 8.01. The maximum absolute atomic E-state index is 13.3. The first-order chi connectivity index (χ1) is 15.7. The van der Waals surface area contributed by atoms with E-state index in [1.807, 2.05) is 6.92 Å². The highest BCUT2D eigenvalue weighted by atomic mass is 19.3. The third-order valence-electron chi connectivity index (χ3n) is 5.84. The van der Waals surface area contributed by atoms with Crippen molar-refractivity contribution in [1.82, 2.24) is 9.97 Å². The average Bonchev–Trinajstić information content (AvgIpc) is 3.52. The van der Waals surface area contributed by atoms with Crippen LogP contribution < -0.4 is 25.1 Å². The number of alkyl halides is 2. The van der Waals surface area contributed by atoms with Gasteiger partial charge in [-0.2, -0.15) is 0 Å². The average molecular weight is 455 g/mol. The van der Waals surface area contributed by atoms with Crippen LogP contribution in [0.2, 0.25) is 0 Å². The molecule has 0 bridgehead atoms.